The van der Waals surface area contributed by atoms with Crippen LogP contribution < -0.4 is 5.32 Å². The lowest BCUT2D eigenvalue weighted by atomic mass is 10.0. The average Bonchev–Trinajstić information content (AvgIpc) is 2.14. The second-order valence-corrected chi connectivity index (χ2v) is 4.47. The smallest absolute Gasteiger partial charge is 0.237 e. The van der Waals surface area contributed by atoms with Crippen LogP contribution in [-0.4, -0.2) is 37.5 Å². The van der Waals surface area contributed by atoms with E-state index in [-0.39, 0.29) is 11.9 Å². The Bertz CT molecular complexity index is 243. The van der Waals surface area contributed by atoms with E-state index in [0.29, 0.717) is 5.92 Å². The molecule has 1 amide bonds. The van der Waals surface area contributed by atoms with Gasteiger partial charge >= 0.3 is 0 Å². The molecule has 0 aliphatic heterocycles. The van der Waals surface area contributed by atoms with E-state index in [9.17, 15) is 4.79 Å². The van der Waals surface area contributed by atoms with Gasteiger partial charge in [0.15, 0.2) is 0 Å². The molecule has 0 saturated carbocycles. The topological polar surface area (TPSA) is 56.1 Å². The van der Waals surface area contributed by atoms with Crippen molar-refractivity contribution in [2.45, 2.75) is 26.8 Å². The molecule has 0 spiro atoms. The van der Waals surface area contributed by atoms with Gasteiger partial charge < -0.3 is 10.2 Å². The number of likely N-dealkylation sites (N-methyl/N-ethyl adjacent to an activating group) is 1. The molecule has 0 fully saturated rings. The Labute approximate surface area is 92.3 Å². The molecule has 2 atom stereocenters. The Morgan fingerprint density at radius 2 is 1.93 bits per heavy atom. The van der Waals surface area contributed by atoms with Gasteiger partial charge in [-0.15, -0.1) is 0 Å². The van der Waals surface area contributed by atoms with Crippen LogP contribution in [0.5, 0.6) is 0 Å². The van der Waals surface area contributed by atoms with E-state index in [2.05, 4.69) is 19.2 Å². The maximum atomic E-state index is 11.5. The number of hydrogen-bond donors (Lipinski definition) is 1. The summed E-state index contributed by atoms with van der Waals surface area (Å²) in [7, 11) is 3.94. The van der Waals surface area contributed by atoms with Crippen LogP contribution in [0, 0.1) is 23.2 Å². The zero-order valence-corrected chi connectivity index (χ0v) is 10.2. The highest BCUT2D eigenvalue weighted by Gasteiger charge is 2.20. The Morgan fingerprint density at radius 3 is 2.27 bits per heavy atom. The second kappa shape index (κ2) is 6.41. The van der Waals surface area contributed by atoms with Crippen LogP contribution >= 0.6 is 0 Å². The number of carbonyl (C=O) groups is 1. The summed E-state index contributed by atoms with van der Waals surface area (Å²) in [5.41, 5.74) is 0. The summed E-state index contributed by atoms with van der Waals surface area (Å²) in [6.45, 7) is 6.53. The Hall–Kier alpha value is -1.08. The van der Waals surface area contributed by atoms with E-state index < -0.39 is 5.92 Å². The molecule has 0 heterocycles. The van der Waals surface area contributed by atoms with Gasteiger partial charge in [0.2, 0.25) is 5.91 Å². The van der Waals surface area contributed by atoms with Crippen molar-refractivity contribution in [2.75, 3.05) is 20.6 Å². The van der Waals surface area contributed by atoms with Gasteiger partial charge in [-0.25, -0.2) is 0 Å². The second-order valence-electron chi connectivity index (χ2n) is 4.47. The molecule has 15 heavy (non-hydrogen) atoms. The van der Waals surface area contributed by atoms with E-state index >= 15 is 0 Å². The fourth-order valence-corrected chi connectivity index (χ4v) is 1.18. The summed E-state index contributed by atoms with van der Waals surface area (Å²) in [5.74, 6) is -0.395. The first kappa shape index (κ1) is 13.9. The zero-order valence-electron chi connectivity index (χ0n) is 10.2. The van der Waals surface area contributed by atoms with Crippen LogP contribution in [-0.2, 0) is 4.79 Å². The predicted octanol–water partition coefficient (Wildman–Crippen LogP) is 0.848. The molecule has 0 rings (SSSR count). The van der Waals surface area contributed by atoms with Gasteiger partial charge in [0.1, 0.15) is 5.92 Å². The van der Waals surface area contributed by atoms with E-state index in [0.717, 1.165) is 6.54 Å². The molecule has 0 aliphatic carbocycles. The normalized spacial score (nSPS) is 14.8. The SMILES string of the molecule is CC(C#N)C(=O)NC(CN(C)C)C(C)C. The van der Waals surface area contributed by atoms with Crippen molar-refractivity contribution in [3.05, 3.63) is 0 Å². The molecular formula is C11H21N3O. The first-order valence-corrected chi connectivity index (χ1v) is 5.23. The van der Waals surface area contributed by atoms with Gasteiger partial charge in [0.25, 0.3) is 0 Å². The third-order valence-corrected chi connectivity index (χ3v) is 2.28. The summed E-state index contributed by atoms with van der Waals surface area (Å²) in [6.07, 6.45) is 0. The van der Waals surface area contributed by atoms with Crippen molar-refractivity contribution < 1.29 is 4.79 Å². The number of carbonyl (C=O) groups excluding carboxylic acids is 1. The first-order chi connectivity index (χ1) is 6.88. The number of rotatable bonds is 5. The highest BCUT2D eigenvalue weighted by Crippen LogP contribution is 2.04. The van der Waals surface area contributed by atoms with E-state index in [1.54, 1.807) is 6.92 Å². The molecule has 0 radical (unpaired) electrons. The van der Waals surface area contributed by atoms with Gasteiger partial charge in [0, 0.05) is 12.6 Å². The molecule has 2 unspecified atom stereocenters. The quantitative estimate of drug-likeness (QED) is 0.733. The molecule has 0 aromatic carbocycles. The van der Waals surface area contributed by atoms with Gasteiger partial charge in [-0.1, -0.05) is 13.8 Å². The summed E-state index contributed by atoms with van der Waals surface area (Å²) >= 11 is 0. The lowest BCUT2D eigenvalue weighted by Crippen LogP contribution is -2.46. The van der Waals surface area contributed by atoms with Crippen LogP contribution in [0.2, 0.25) is 0 Å². The van der Waals surface area contributed by atoms with Gasteiger partial charge in [-0.05, 0) is 26.9 Å². The summed E-state index contributed by atoms with van der Waals surface area (Å²) in [5, 5.41) is 11.5. The largest absolute Gasteiger partial charge is 0.351 e. The average molecular weight is 211 g/mol. The van der Waals surface area contributed by atoms with Crippen molar-refractivity contribution in [3.8, 4) is 6.07 Å². The fourth-order valence-electron chi connectivity index (χ4n) is 1.18. The van der Waals surface area contributed by atoms with Crippen molar-refractivity contribution >= 4 is 5.91 Å². The number of amides is 1. The van der Waals surface area contributed by atoms with E-state index in [1.807, 2.05) is 25.1 Å². The molecule has 4 heteroatoms. The molecule has 0 saturated heterocycles. The standard InChI is InChI=1S/C11H21N3O/c1-8(2)10(7-14(4)5)13-11(15)9(3)6-12/h8-10H,7H2,1-5H3,(H,13,15). The minimum atomic E-state index is -0.576. The lowest BCUT2D eigenvalue weighted by molar-refractivity contribution is -0.124. The minimum Gasteiger partial charge on any atom is -0.351 e. The fraction of sp³-hybridized carbons (Fsp3) is 0.818. The molecule has 86 valence electrons. The maximum absolute atomic E-state index is 11.5. The third-order valence-electron chi connectivity index (χ3n) is 2.28. The van der Waals surface area contributed by atoms with Gasteiger partial charge in [-0.3, -0.25) is 4.79 Å². The number of nitrogens with one attached hydrogen (secondary N) is 1. The van der Waals surface area contributed by atoms with E-state index in [1.165, 1.54) is 0 Å². The molecular weight excluding hydrogens is 190 g/mol. The highest BCUT2D eigenvalue weighted by molar-refractivity contribution is 5.80. The Morgan fingerprint density at radius 1 is 1.40 bits per heavy atom. The zero-order chi connectivity index (χ0) is 12.0. The molecule has 0 aromatic rings. The summed E-state index contributed by atoms with van der Waals surface area (Å²) < 4.78 is 0. The van der Waals surface area contributed by atoms with Crippen LogP contribution in [0.3, 0.4) is 0 Å². The number of nitrogens with zero attached hydrogens (tertiary/aromatic N) is 2. The monoisotopic (exact) mass is 211 g/mol. The van der Waals surface area contributed by atoms with Gasteiger partial charge in [0.05, 0.1) is 6.07 Å². The summed E-state index contributed by atoms with van der Waals surface area (Å²) in [4.78, 5) is 13.5. The lowest BCUT2D eigenvalue weighted by Gasteiger charge is -2.26. The van der Waals surface area contributed by atoms with Crippen molar-refractivity contribution in [1.82, 2.24) is 10.2 Å². The van der Waals surface area contributed by atoms with Crippen LogP contribution in [0.4, 0.5) is 0 Å². The number of nitriles is 1. The molecule has 4 nitrogen and oxygen atoms in total. The Balaban J connectivity index is 4.30. The summed E-state index contributed by atoms with van der Waals surface area (Å²) in [6, 6.07) is 2.04. The molecule has 1 N–H and O–H groups in total. The highest BCUT2D eigenvalue weighted by atomic mass is 16.1. The third kappa shape index (κ3) is 5.38. The maximum Gasteiger partial charge on any atom is 0.237 e. The molecule has 0 aliphatic rings. The minimum absolute atomic E-state index is 0.100. The number of hydrogen-bond acceptors (Lipinski definition) is 3. The van der Waals surface area contributed by atoms with Crippen molar-refractivity contribution in [3.63, 3.8) is 0 Å². The van der Waals surface area contributed by atoms with E-state index in [4.69, 9.17) is 5.26 Å². The Kier molecular flexibility index (Phi) is 5.95. The molecule has 0 aromatic heterocycles. The van der Waals surface area contributed by atoms with Gasteiger partial charge in [-0.2, -0.15) is 5.26 Å². The van der Waals surface area contributed by atoms with Crippen LogP contribution in [0.25, 0.3) is 0 Å². The first-order valence-electron chi connectivity index (χ1n) is 5.23. The van der Waals surface area contributed by atoms with Crippen LogP contribution in [0.15, 0.2) is 0 Å². The van der Waals surface area contributed by atoms with Crippen LogP contribution in [0.1, 0.15) is 20.8 Å². The van der Waals surface area contributed by atoms with Crippen molar-refractivity contribution in [1.29, 1.82) is 5.26 Å². The predicted molar refractivity (Wildman–Crippen MR) is 60.1 cm³/mol. The van der Waals surface area contributed by atoms with Crippen molar-refractivity contribution in [2.24, 2.45) is 11.8 Å². The molecule has 0 bridgehead atoms.